The molecule has 1 aliphatic heterocycles. The quantitative estimate of drug-likeness (QED) is 0.587. The highest BCUT2D eigenvalue weighted by Crippen LogP contribution is 2.18. The van der Waals surface area contributed by atoms with E-state index in [1.807, 2.05) is 29.2 Å². The Hall–Kier alpha value is -3.52. The molecule has 2 amide bonds. The van der Waals surface area contributed by atoms with E-state index in [4.69, 9.17) is 4.74 Å². The van der Waals surface area contributed by atoms with Crippen LogP contribution in [0, 0.1) is 0 Å². The number of pyridine rings is 1. The van der Waals surface area contributed by atoms with E-state index in [0.717, 1.165) is 31.6 Å². The van der Waals surface area contributed by atoms with Gasteiger partial charge in [-0.25, -0.2) is 4.68 Å². The summed E-state index contributed by atoms with van der Waals surface area (Å²) in [5.74, 6) is -0.236. The van der Waals surface area contributed by atoms with Gasteiger partial charge in [-0.2, -0.15) is 5.10 Å². The molecular weight excluding hydrogens is 406 g/mol. The second-order valence-electron chi connectivity index (χ2n) is 7.80. The third-order valence-corrected chi connectivity index (χ3v) is 5.37. The molecule has 2 aromatic heterocycles. The first-order valence-electron chi connectivity index (χ1n) is 10.9. The van der Waals surface area contributed by atoms with Gasteiger partial charge in [-0.1, -0.05) is 6.92 Å². The summed E-state index contributed by atoms with van der Waals surface area (Å²) < 4.78 is 7.37. The van der Waals surface area contributed by atoms with E-state index in [1.165, 1.54) is 6.20 Å². The van der Waals surface area contributed by atoms with Crippen molar-refractivity contribution in [1.29, 1.82) is 0 Å². The number of hydrogen-bond acceptors (Lipinski definition) is 5. The van der Waals surface area contributed by atoms with Crippen molar-refractivity contribution in [2.24, 2.45) is 0 Å². The lowest BCUT2D eigenvalue weighted by Crippen LogP contribution is -2.37. The molecule has 0 radical (unpaired) electrons. The third kappa shape index (κ3) is 5.20. The van der Waals surface area contributed by atoms with Crippen molar-refractivity contribution >= 4 is 17.5 Å². The summed E-state index contributed by atoms with van der Waals surface area (Å²) in [6, 6.07) is 10.7. The van der Waals surface area contributed by atoms with Gasteiger partial charge in [-0.05, 0) is 55.7 Å². The van der Waals surface area contributed by atoms with Gasteiger partial charge in [0.05, 0.1) is 35.4 Å². The summed E-state index contributed by atoms with van der Waals surface area (Å²) in [5, 5.41) is 7.12. The molecule has 32 heavy (non-hydrogen) atoms. The standard InChI is InChI=1S/C24H27N5O3/c1-2-12-28(17-22-6-4-13-32-22)24(31)18-7-9-21(10-8-18)29-16-20(15-26-29)27-23(30)19-5-3-11-25-14-19/h3,5,7-11,14-16,22H,2,4,6,12-13,17H2,1H3,(H,27,30)/t22-/m0/s1. The van der Waals surface area contributed by atoms with Gasteiger partial charge in [-0.15, -0.1) is 0 Å². The number of anilines is 1. The van der Waals surface area contributed by atoms with Gasteiger partial charge in [0, 0.05) is 37.7 Å². The number of aromatic nitrogens is 3. The molecule has 0 spiro atoms. The minimum absolute atomic E-state index is 0.0128. The number of nitrogens with zero attached hydrogens (tertiary/aromatic N) is 4. The SMILES string of the molecule is CCCN(C[C@@H]1CCCO1)C(=O)c1ccc(-n2cc(NC(=O)c3cccnc3)cn2)cc1. The molecule has 1 N–H and O–H groups in total. The van der Waals surface area contributed by atoms with Crippen LogP contribution in [0.3, 0.4) is 0 Å². The fraction of sp³-hybridized carbons (Fsp3) is 0.333. The summed E-state index contributed by atoms with van der Waals surface area (Å²) in [4.78, 5) is 31.1. The predicted molar refractivity (Wildman–Crippen MR) is 121 cm³/mol. The average Bonchev–Trinajstić information content (AvgIpc) is 3.51. The van der Waals surface area contributed by atoms with E-state index < -0.39 is 0 Å². The molecule has 4 rings (SSSR count). The second kappa shape index (κ2) is 10.2. The van der Waals surface area contributed by atoms with Crippen LogP contribution in [0.4, 0.5) is 5.69 Å². The first kappa shape index (κ1) is 21.7. The summed E-state index contributed by atoms with van der Waals surface area (Å²) in [6.45, 7) is 4.19. The molecule has 0 saturated carbocycles. The maximum absolute atomic E-state index is 13.0. The molecule has 8 nitrogen and oxygen atoms in total. The highest BCUT2D eigenvalue weighted by molar-refractivity contribution is 6.03. The first-order valence-corrected chi connectivity index (χ1v) is 10.9. The van der Waals surface area contributed by atoms with Crippen LogP contribution in [0.25, 0.3) is 5.69 Å². The fourth-order valence-corrected chi connectivity index (χ4v) is 3.75. The van der Waals surface area contributed by atoms with E-state index in [1.54, 1.807) is 35.4 Å². The number of nitrogens with one attached hydrogen (secondary N) is 1. The lowest BCUT2D eigenvalue weighted by Gasteiger charge is -2.25. The number of benzene rings is 1. The Bertz CT molecular complexity index is 1040. The van der Waals surface area contributed by atoms with E-state index in [0.29, 0.717) is 29.9 Å². The Morgan fingerprint density at radius 2 is 2.03 bits per heavy atom. The van der Waals surface area contributed by atoms with Crippen LogP contribution < -0.4 is 5.32 Å². The Balaban J connectivity index is 1.41. The van der Waals surface area contributed by atoms with Crippen LogP contribution in [-0.2, 0) is 4.74 Å². The zero-order chi connectivity index (χ0) is 22.3. The van der Waals surface area contributed by atoms with Gasteiger partial charge in [-0.3, -0.25) is 14.6 Å². The van der Waals surface area contributed by atoms with E-state index >= 15 is 0 Å². The summed E-state index contributed by atoms with van der Waals surface area (Å²) in [6.07, 6.45) is 9.53. The van der Waals surface area contributed by atoms with Crippen molar-refractivity contribution in [3.05, 3.63) is 72.3 Å². The van der Waals surface area contributed by atoms with E-state index in [2.05, 4.69) is 22.3 Å². The number of amides is 2. The number of ether oxygens (including phenoxy) is 1. The van der Waals surface area contributed by atoms with E-state index in [9.17, 15) is 9.59 Å². The number of rotatable bonds is 8. The summed E-state index contributed by atoms with van der Waals surface area (Å²) in [7, 11) is 0. The summed E-state index contributed by atoms with van der Waals surface area (Å²) in [5.41, 5.74) is 2.48. The lowest BCUT2D eigenvalue weighted by molar-refractivity contribution is 0.0526. The molecule has 3 aromatic rings. The average molecular weight is 434 g/mol. The van der Waals surface area contributed by atoms with Crippen LogP contribution >= 0.6 is 0 Å². The Morgan fingerprint density at radius 1 is 1.19 bits per heavy atom. The van der Waals surface area contributed by atoms with E-state index in [-0.39, 0.29) is 17.9 Å². The smallest absolute Gasteiger partial charge is 0.257 e. The van der Waals surface area contributed by atoms with Crippen molar-refractivity contribution in [3.63, 3.8) is 0 Å². The maximum Gasteiger partial charge on any atom is 0.257 e. The third-order valence-electron chi connectivity index (χ3n) is 5.37. The highest BCUT2D eigenvalue weighted by Gasteiger charge is 2.23. The van der Waals surface area contributed by atoms with Crippen LogP contribution in [0.2, 0.25) is 0 Å². The van der Waals surface area contributed by atoms with Gasteiger partial charge in [0.2, 0.25) is 0 Å². The molecule has 0 aliphatic carbocycles. The van der Waals surface area contributed by atoms with Crippen molar-refractivity contribution in [1.82, 2.24) is 19.7 Å². The second-order valence-corrected chi connectivity index (χ2v) is 7.80. The molecule has 3 heterocycles. The molecule has 1 aliphatic rings. The molecule has 8 heteroatoms. The highest BCUT2D eigenvalue weighted by atomic mass is 16.5. The first-order chi connectivity index (χ1) is 15.6. The zero-order valence-corrected chi connectivity index (χ0v) is 18.1. The van der Waals surface area contributed by atoms with Gasteiger partial charge in [0.25, 0.3) is 11.8 Å². The number of carbonyl (C=O) groups is 2. The number of hydrogen-bond donors (Lipinski definition) is 1. The molecule has 166 valence electrons. The fourth-order valence-electron chi connectivity index (χ4n) is 3.75. The van der Waals surface area contributed by atoms with Gasteiger partial charge in [0.15, 0.2) is 0 Å². The lowest BCUT2D eigenvalue weighted by atomic mass is 10.1. The van der Waals surface area contributed by atoms with Gasteiger partial charge >= 0.3 is 0 Å². The van der Waals surface area contributed by atoms with Crippen molar-refractivity contribution in [2.45, 2.75) is 32.3 Å². The van der Waals surface area contributed by atoms with Crippen molar-refractivity contribution in [2.75, 3.05) is 25.0 Å². The molecule has 1 atom stereocenters. The summed E-state index contributed by atoms with van der Waals surface area (Å²) >= 11 is 0. The van der Waals surface area contributed by atoms with Gasteiger partial charge in [0.1, 0.15) is 0 Å². The monoisotopic (exact) mass is 433 g/mol. The minimum atomic E-state index is -0.249. The van der Waals surface area contributed by atoms with Gasteiger partial charge < -0.3 is 15.0 Å². The minimum Gasteiger partial charge on any atom is -0.376 e. The molecule has 0 bridgehead atoms. The van der Waals surface area contributed by atoms with Crippen LogP contribution in [0.5, 0.6) is 0 Å². The van der Waals surface area contributed by atoms with Crippen molar-refractivity contribution in [3.8, 4) is 5.69 Å². The topological polar surface area (TPSA) is 89.4 Å². The Kier molecular flexibility index (Phi) is 6.91. The normalized spacial score (nSPS) is 15.5. The van der Waals surface area contributed by atoms with Crippen LogP contribution in [0.15, 0.2) is 61.2 Å². The largest absolute Gasteiger partial charge is 0.376 e. The van der Waals surface area contributed by atoms with Crippen LogP contribution in [-0.4, -0.2) is 57.3 Å². The molecule has 0 unspecified atom stereocenters. The molecule has 1 saturated heterocycles. The molecule has 1 aromatic carbocycles. The maximum atomic E-state index is 13.0. The Labute approximate surface area is 187 Å². The van der Waals surface area contributed by atoms with Crippen molar-refractivity contribution < 1.29 is 14.3 Å². The molecule has 1 fully saturated rings. The molecular formula is C24H27N5O3. The number of carbonyl (C=O) groups excluding carboxylic acids is 2. The predicted octanol–water partition coefficient (Wildman–Crippen LogP) is 3.55. The zero-order valence-electron chi connectivity index (χ0n) is 18.1. The Morgan fingerprint density at radius 3 is 2.72 bits per heavy atom. The van der Waals surface area contributed by atoms with Crippen LogP contribution in [0.1, 0.15) is 46.9 Å².